The molecule has 0 aliphatic rings. The van der Waals surface area contributed by atoms with Gasteiger partial charge in [0.15, 0.2) is 11.6 Å². The molecule has 0 amide bonds. The summed E-state index contributed by atoms with van der Waals surface area (Å²) in [6, 6.07) is 5.04. The van der Waals surface area contributed by atoms with Crippen molar-refractivity contribution in [3.8, 4) is 5.75 Å². The van der Waals surface area contributed by atoms with E-state index in [4.69, 9.17) is 16.3 Å². The number of alkyl halides is 1. The lowest BCUT2D eigenvalue weighted by molar-refractivity contribution is 0.387. The molecule has 1 aromatic carbocycles. The molecule has 0 saturated carbocycles. The van der Waals surface area contributed by atoms with Gasteiger partial charge in [0.1, 0.15) is 5.82 Å². The highest BCUT2D eigenvalue weighted by atomic mass is 79.9. The van der Waals surface area contributed by atoms with Gasteiger partial charge in [-0.2, -0.15) is 0 Å². The van der Waals surface area contributed by atoms with Crippen LogP contribution in [0.1, 0.15) is 10.7 Å². The molecule has 0 fully saturated rings. The zero-order valence-corrected chi connectivity index (χ0v) is 14.2. The zero-order valence-electron chi connectivity index (χ0n) is 11.1. The number of rotatable bonds is 4. The van der Waals surface area contributed by atoms with Crippen molar-refractivity contribution in [1.82, 2.24) is 9.55 Å². The molecule has 3 aromatic rings. The Morgan fingerprint density at radius 3 is 2.90 bits per heavy atom. The first-order valence-electron chi connectivity index (χ1n) is 6.14. The Bertz CT molecular complexity index is 802. The van der Waals surface area contributed by atoms with Gasteiger partial charge in [0.2, 0.25) is 0 Å². The van der Waals surface area contributed by atoms with E-state index >= 15 is 0 Å². The lowest BCUT2D eigenvalue weighted by Crippen LogP contribution is -2.03. The summed E-state index contributed by atoms with van der Waals surface area (Å²) in [5, 5.41) is 2.01. The average molecular weight is 390 g/mol. The van der Waals surface area contributed by atoms with Crippen molar-refractivity contribution in [3.05, 3.63) is 44.6 Å². The molecule has 0 aliphatic carbocycles. The fourth-order valence-corrected chi connectivity index (χ4v) is 3.86. The Hall–Kier alpha value is -1.11. The van der Waals surface area contributed by atoms with Crippen LogP contribution in [0, 0.1) is 5.82 Å². The first-order valence-corrected chi connectivity index (χ1v) is 8.35. The van der Waals surface area contributed by atoms with E-state index in [0.717, 1.165) is 14.9 Å². The molecule has 0 N–H and O–H groups in total. The Labute approximate surface area is 138 Å². The Balaban J connectivity index is 2.17. The van der Waals surface area contributed by atoms with Crippen LogP contribution >= 0.6 is 38.9 Å². The van der Waals surface area contributed by atoms with E-state index in [0.29, 0.717) is 17.9 Å². The summed E-state index contributed by atoms with van der Waals surface area (Å²) in [6.07, 6.45) is 0. The first kappa shape index (κ1) is 14.8. The van der Waals surface area contributed by atoms with Gasteiger partial charge in [0.05, 0.1) is 30.6 Å². The van der Waals surface area contributed by atoms with Gasteiger partial charge in [-0.3, -0.25) is 0 Å². The molecule has 3 rings (SSSR count). The summed E-state index contributed by atoms with van der Waals surface area (Å²) < 4.78 is 21.9. The molecule has 21 heavy (non-hydrogen) atoms. The fraction of sp³-hybridized carbons (Fsp3) is 0.214. The van der Waals surface area contributed by atoms with Crippen molar-refractivity contribution in [1.29, 1.82) is 0 Å². The van der Waals surface area contributed by atoms with Crippen LogP contribution in [0.5, 0.6) is 5.75 Å². The molecular formula is C14H11BrClFN2OS. The van der Waals surface area contributed by atoms with Crippen molar-refractivity contribution in [2.24, 2.45) is 0 Å². The molecule has 0 aliphatic heterocycles. The van der Waals surface area contributed by atoms with Crippen LogP contribution in [0.25, 0.3) is 11.0 Å². The lowest BCUT2D eigenvalue weighted by Gasteiger charge is -2.08. The van der Waals surface area contributed by atoms with Gasteiger partial charge in [-0.25, -0.2) is 9.37 Å². The van der Waals surface area contributed by atoms with Gasteiger partial charge >= 0.3 is 0 Å². The smallest absolute Gasteiger partial charge is 0.167 e. The predicted octanol–water partition coefficient (Wildman–Crippen LogP) is 4.80. The zero-order chi connectivity index (χ0) is 15.0. The Morgan fingerprint density at radius 1 is 1.48 bits per heavy atom. The molecule has 110 valence electrons. The second-order valence-electron chi connectivity index (χ2n) is 4.41. The van der Waals surface area contributed by atoms with Crippen LogP contribution in [0.2, 0.25) is 0 Å². The molecule has 0 saturated heterocycles. The van der Waals surface area contributed by atoms with E-state index in [1.165, 1.54) is 13.2 Å². The Kier molecular flexibility index (Phi) is 4.19. The highest BCUT2D eigenvalue weighted by Gasteiger charge is 2.15. The number of aromatic nitrogens is 2. The number of thiophene rings is 1. The maximum absolute atomic E-state index is 13.8. The molecule has 2 aromatic heterocycles. The molecule has 0 unspecified atom stereocenters. The number of hydrogen-bond donors (Lipinski definition) is 0. The topological polar surface area (TPSA) is 27.1 Å². The largest absolute Gasteiger partial charge is 0.494 e. The van der Waals surface area contributed by atoms with Crippen LogP contribution in [0.15, 0.2) is 28.1 Å². The maximum atomic E-state index is 13.8. The minimum Gasteiger partial charge on any atom is -0.494 e. The molecule has 0 bridgehead atoms. The summed E-state index contributed by atoms with van der Waals surface area (Å²) in [6.45, 7) is 0.631. The van der Waals surface area contributed by atoms with Crippen molar-refractivity contribution in [2.45, 2.75) is 12.4 Å². The van der Waals surface area contributed by atoms with Crippen molar-refractivity contribution >= 4 is 49.9 Å². The molecule has 7 heteroatoms. The number of benzene rings is 1. The number of imidazole rings is 1. The van der Waals surface area contributed by atoms with Gasteiger partial charge < -0.3 is 9.30 Å². The van der Waals surface area contributed by atoms with Gasteiger partial charge in [-0.15, -0.1) is 22.9 Å². The summed E-state index contributed by atoms with van der Waals surface area (Å²) in [4.78, 5) is 5.56. The van der Waals surface area contributed by atoms with E-state index in [1.54, 1.807) is 17.4 Å². The van der Waals surface area contributed by atoms with Crippen LogP contribution in [-0.2, 0) is 12.4 Å². The highest BCUT2D eigenvalue weighted by Crippen LogP contribution is 2.29. The molecule has 2 heterocycles. The van der Waals surface area contributed by atoms with Crippen molar-refractivity contribution in [3.63, 3.8) is 0 Å². The normalized spacial score (nSPS) is 11.2. The van der Waals surface area contributed by atoms with E-state index in [2.05, 4.69) is 20.9 Å². The first-order chi connectivity index (χ1) is 10.1. The third-order valence-corrected chi connectivity index (χ3v) is 5.36. The van der Waals surface area contributed by atoms with Crippen molar-refractivity contribution in [2.75, 3.05) is 7.11 Å². The van der Waals surface area contributed by atoms with E-state index in [1.807, 2.05) is 16.0 Å². The fourth-order valence-electron chi connectivity index (χ4n) is 2.19. The Morgan fingerprint density at radius 2 is 2.29 bits per heavy atom. The highest BCUT2D eigenvalue weighted by molar-refractivity contribution is 9.10. The van der Waals surface area contributed by atoms with Crippen molar-refractivity contribution < 1.29 is 9.13 Å². The van der Waals surface area contributed by atoms with E-state index in [9.17, 15) is 4.39 Å². The maximum Gasteiger partial charge on any atom is 0.167 e. The SMILES string of the molecule is COc1cc2c(cc1F)nc(CCl)n2Cc1sccc1Br. The monoisotopic (exact) mass is 388 g/mol. The predicted molar refractivity (Wildman–Crippen MR) is 86.9 cm³/mol. The van der Waals surface area contributed by atoms with Gasteiger partial charge in [-0.1, -0.05) is 0 Å². The summed E-state index contributed by atoms with van der Waals surface area (Å²) in [5.41, 5.74) is 1.39. The summed E-state index contributed by atoms with van der Waals surface area (Å²) >= 11 is 11.1. The number of ether oxygens (including phenoxy) is 1. The molecule has 0 radical (unpaired) electrons. The van der Waals surface area contributed by atoms with Crippen LogP contribution in [0.3, 0.4) is 0 Å². The van der Waals surface area contributed by atoms with Crippen LogP contribution in [-0.4, -0.2) is 16.7 Å². The van der Waals surface area contributed by atoms with Crippen LogP contribution in [0.4, 0.5) is 4.39 Å². The molecular weight excluding hydrogens is 379 g/mol. The number of halogens is 3. The standard InChI is InChI=1S/C14H11BrClFN2OS/c1-20-12-5-11-10(4-9(12)17)18-14(6-16)19(11)7-13-8(15)2-3-21-13/h2-5H,6-7H2,1H3. The lowest BCUT2D eigenvalue weighted by atomic mass is 10.3. The van der Waals surface area contributed by atoms with Gasteiger partial charge in [0, 0.05) is 21.5 Å². The summed E-state index contributed by atoms with van der Waals surface area (Å²) in [7, 11) is 1.45. The number of hydrogen-bond acceptors (Lipinski definition) is 3. The van der Waals surface area contributed by atoms with Gasteiger partial charge in [0.25, 0.3) is 0 Å². The quantitative estimate of drug-likeness (QED) is 0.600. The molecule has 3 nitrogen and oxygen atoms in total. The summed E-state index contributed by atoms with van der Waals surface area (Å²) in [5.74, 6) is 0.754. The average Bonchev–Trinajstić information content (AvgIpc) is 3.02. The van der Waals surface area contributed by atoms with Crippen LogP contribution < -0.4 is 4.74 Å². The number of fused-ring (bicyclic) bond motifs is 1. The number of methoxy groups -OCH3 is 1. The number of nitrogens with zero attached hydrogens (tertiary/aromatic N) is 2. The third kappa shape index (κ3) is 2.67. The second kappa shape index (κ2) is 5.94. The van der Waals surface area contributed by atoms with E-state index < -0.39 is 5.82 Å². The third-order valence-electron chi connectivity index (χ3n) is 3.21. The molecule has 0 atom stereocenters. The second-order valence-corrected chi connectivity index (χ2v) is 6.54. The molecule has 0 spiro atoms. The minimum atomic E-state index is -0.423. The van der Waals surface area contributed by atoms with E-state index in [-0.39, 0.29) is 11.6 Å². The minimum absolute atomic E-state index is 0.204. The van der Waals surface area contributed by atoms with Gasteiger partial charge in [-0.05, 0) is 27.4 Å².